The molecule has 0 aromatic heterocycles. The van der Waals surface area contributed by atoms with Gasteiger partial charge in [-0.2, -0.15) is 0 Å². The van der Waals surface area contributed by atoms with Crippen molar-refractivity contribution in [2.45, 2.75) is 25.6 Å². The molecule has 0 aromatic carbocycles. The highest BCUT2D eigenvalue weighted by molar-refractivity contribution is 5.16. The molecule has 0 saturated heterocycles. The second kappa shape index (κ2) is 6.23. The van der Waals surface area contributed by atoms with Crippen molar-refractivity contribution in [2.24, 2.45) is 5.92 Å². The summed E-state index contributed by atoms with van der Waals surface area (Å²) in [6.45, 7) is 7.28. The minimum Gasteiger partial charge on any atom is -0.389 e. The van der Waals surface area contributed by atoms with Crippen LogP contribution in [0.2, 0.25) is 0 Å². The smallest absolute Gasteiger partial charge is 0.146 e. The predicted molar refractivity (Wildman–Crippen MR) is 56.5 cm³/mol. The van der Waals surface area contributed by atoms with E-state index in [1.165, 1.54) is 0 Å². The fourth-order valence-electron chi connectivity index (χ4n) is 1.82. The van der Waals surface area contributed by atoms with Crippen molar-refractivity contribution in [3.8, 4) is 0 Å². The Kier molecular flexibility index (Phi) is 5.25. The number of methoxy groups -OCH3 is 1. The van der Waals surface area contributed by atoms with Gasteiger partial charge in [0.15, 0.2) is 0 Å². The van der Waals surface area contributed by atoms with E-state index in [0.717, 1.165) is 5.57 Å². The van der Waals surface area contributed by atoms with Gasteiger partial charge >= 0.3 is 0 Å². The van der Waals surface area contributed by atoms with Crippen LogP contribution in [0.25, 0.3) is 0 Å². The van der Waals surface area contributed by atoms with E-state index in [4.69, 9.17) is 14.2 Å². The van der Waals surface area contributed by atoms with Crippen LogP contribution >= 0.6 is 0 Å². The van der Waals surface area contributed by atoms with E-state index in [-0.39, 0.29) is 18.8 Å². The zero-order chi connectivity index (χ0) is 11.3. The van der Waals surface area contributed by atoms with Crippen LogP contribution in [0.3, 0.4) is 0 Å². The van der Waals surface area contributed by atoms with Crippen molar-refractivity contribution in [3.63, 3.8) is 0 Å². The topological polar surface area (TPSA) is 47.9 Å². The van der Waals surface area contributed by atoms with Gasteiger partial charge in [-0.25, -0.2) is 0 Å². The summed E-state index contributed by atoms with van der Waals surface area (Å²) >= 11 is 0. The van der Waals surface area contributed by atoms with Crippen molar-refractivity contribution < 1.29 is 19.3 Å². The Hall–Kier alpha value is -0.420. The van der Waals surface area contributed by atoms with E-state index < -0.39 is 6.10 Å². The molecule has 88 valence electrons. The molecule has 0 spiro atoms. The first-order valence-corrected chi connectivity index (χ1v) is 5.25. The Labute approximate surface area is 90.8 Å². The monoisotopic (exact) mass is 216 g/mol. The van der Waals surface area contributed by atoms with E-state index in [1.807, 2.05) is 6.92 Å². The first kappa shape index (κ1) is 12.6. The summed E-state index contributed by atoms with van der Waals surface area (Å²) in [5, 5.41) is 9.66. The Balaban J connectivity index is 2.48. The van der Waals surface area contributed by atoms with Gasteiger partial charge in [0.05, 0.1) is 18.8 Å². The Bertz CT molecular complexity index is 205. The minimum absolute atomic E-state index is 0.0426. The maximum atomic E-state index is 9.66. The highest BCUT2D eigenvalue weighted by atomic mass is 16.7. The van der Waals surface area contributed by atoms with Gasteiger partial charge in [-0.15, -0.1) is 0 Å². The Morgan fingerprint density at radius 2 is 2.27 bits per heavy atom. The Morgan fingerprint density at radius 1 is 1.53 bits per heavy atom. The quantitative estimate of drug-likeness (QED) is 0.530. The van der Waals surface area contributed by atoms with Crippen molar-refractivity contribution in [1.82, 2.24) is 0 Å². The molecule has 4 heteroatoms. The number of rotatable bonds is 6. The molecule has 1 N–H and O–H groups in total. The van der Waals surface area contributed by atoms with Crippen molar-refractivity contribution in [2.75, 3.05) is 27.1 Å². The number of hydrogen-bond acceptors (Lipinski definition) is 4. The third kappa shape index (κ3) is 3.28. The normalized spacial score (nSPS) is 31.1. The first-order chi connectivity index (χ1) is 7.20. The fraction of sp³-hybridized carbons (Fsp3) is 0.818. The molecule has 1 rings (SSSR count). The maximum Gasteiger partial charge on any atom is 0.146 e. The third-order valence-electron chi connectivity index (χ3n) is 2.71. The van der Waals surface area contributed by atoms with E-state index in [1.54, 1.807) is 7.11 Å². The second-order valence-electron chi connectivity index (χ2n) is 3.70. The molecule has 0 radical (unpaired) electrons. The molecule has 0 aromatic rings. The van der Waals surface area contributed by atoms with Gasteiger partial charge in [0.1, 0.15) is 6.79 Å². The average molecular weight is 216 g/mol. The molecule has 15 heavy (non-hydrogen) atoms. The van der Waals surface area contributed by atoms with E-state index in [2.05, 4.69) is 6.58 Å². The zero-order valence-electron chi connectivity index (χ0n) is 9.44. The van der Waals surface area contributed by atoms with Crippen molar-refractivity contribution in [1.29, 1.82) is 0 Å². The highest BCUT2D eigenvalue weighted by Gasteiger charge is 2.37. The minimum atomic E-state index is -0.475. The molecular weight excluding hydrogens is 196 g/mol. The van der Waals surface area contributed by atoms with Crippen LogP contribution < -0.4 is 0 Å². The maximum absolute atomic E-state index is 9.66. The third-order valence-corrected chi connectivity index (χ3v) is 2.71. The van der Waals surface area contributed by atoms with Crippen molar-refractivity contribution in [3.05, 3.63) is 12.2 Å². The molecule has 0 amide bonds. The van der Waals surface area contributed by atoms with Gasteiger partial charge in [0, 0.05) is 26.1 Å². The standard InChI is InChI=1S/C11H20O4/c1-4-14-6-9-8(2)10(12)5-11(9)15-7-13-3/h9-12H,2,4-7H2,1,3H3/t9-,10+,11-/m0/s1. The van der Waals surface area contributed by atoms with Gasteiger partial charge in [0.2, 0.25) is 0 Å². The molecule has 0 bridgehead atoms. The average Bonchev–Trinajstić information content (AvgIpc) is 2.50. The molecule has 1 saturated carbocycles. The van der Waals surface area contributed by atoms with Crippen molar-refractivity contribution >= 4 is 0 Å². The SMILES string of the molecule is C=C1[C@H](O)C[C@H](OCOC)[C@H]1COCC. The first-order valence-electron chi connectivity index (χ1n) is 5.25. The summed E-state index contributed by atoms with van der Waals surface area (Å²) < 4.78 is 15.7. The van der Waals surface area contributed by atoms with Gasteiger partial charge in [-0.3, -0.25) is 0 Å². The summed E-state index contributed by atoms with van der Waals surface area (Å²) in [5.41, 5.74) is 0.810. The molecular formula is C11H20O4. The number of aliphatic hydroxyl groups excluding tert-OH is 1. The number of aliphatic hydroxyl groups is 1. The van der Waals surface area contributed by atoms with Gasteiger partial charge in [0.25, 0.3) is 0 Å². The summed E-state index contributed by atoms with van der Waals surface area (Å²) in [4.78, 5) is 0. The lowest BCUT2D eigenvalue weighted by Gasteiger charge is -2.19. The summed E-state index contributed by atoms with van der Waals surface area (Å²) in [7, 11) is 1.58. The summed E-state index contributed by atoms with van der Waals surface area (Å²) in [5.74, 6) is 0.0788. The van der Waals surface area contributed by atoms with E-state index >= 15 is 0 Å². The van der Waals surface area contributed by atoms with Gasteiger partial charge in [-0.1, -0.05) is 6.58 Å². The van der Waals surface area contributed by atoms with E-state index in [9.17, 15) is 5.11 Å². The molecule has 1 aliphatic rings. The Morgan fingerprint density at radius 3 is 2.87 bits per heavy atom. The fourth-order valence-corrected chi connectivity index (χ4v) is 1.82. The lowest BCUT2D eigenvalue weighted by Crippen LogP contribution is -2.24. The molecule has 3 atom stereocenters. The van der Waals surface area contributed by atoms with Crippen LogP contribution in [-0.4, -0.2) is 44.4 Å². The van der Waals surface area contributed by atoms with Crippen LogP contribution in [0.1, 0.15) is 13.3 Å². The molecule has 1 fully saturated rings. The molecule has 0 aliphatic heterocycles. The van der Waals surface area contributed by atoms with E-state index in [0.29, 0.717) is 19.6 Å². The second-order valence-corrected chi connectivity index (χ2v) is 3.70. The molecule has 0 unspecified atom stereocenters. The number of hydrogen-bond donors (Lipinski definition) is 1. The van der Waals surface area contributed by atoms with Crippen LogP contribution in [0, 0.1) is 5.92 Å². The summed E-state index contributed by atoms with van der Waals surface area (Å²) in [6, 6.07) is 0. The van der Waals surface area contributed by atoms with Crippen LogP contribution in [-0.2, 0) is 14.2 Å². The summed E-state index contributed by atoms with van der Waals surface area (Å²) in [6.07, 6.45) is 0.0660. The van der Waals surface area contributed by atoms with Crippen LogP contribution in [0.4, 0.5) is 0 Å². The molecule has 0 heterocycles. The molecule has 4 nitrogen and oxygen atoms in total. The lowest BCUT2D eigenvalue weighted by molar-refractivity contribution is -0.0913. The van der Waals surface area contributed by atoms with Crippen LogP contribution in [0.15, 0.2) is 12.2 Å². The largest absolute Gasteiger partial charge is 0.389 e. The highest BCUT2D eigenvalue weighted by Crippen LogP contribution is 2.33. The van der Waals surface area contributed by atoms with Gasteiger partial charge < -0.3 is 19.3 Å². The van der Waals surface area contributed by atoms with Crippen LogP contribution in [0.5, 0.6) is 0 Å². The van der Waals surface area contributed by atoms with Gasteiger partial charge in [-0.05, 0) is 12.5 Å². The zero-order valence-corrected chi connectivity index (χ0v) is 9.44. The predicted octanol–water partition coefficient (Wildman–Crippen LogP) is 0.949. The number of ether oxygens (including phenoxy) is 3. The lowest BCUT2D eigenvalue weighted by atomic mass is 10.0. The molecule has 1 aliphatic carbocycles.